The summed E-state index contributed by atoms with van der Waals surface area (Å²) in [6.07, 6.45) is 7.83. The molecule has 0 amide bonds. The van der Waals surface area contributed by atoms with E-state index in [4.69, 9.17) is 20.1 Å². The van der Waals surface area contributed by atoms with Crippen molar-refractivity contribution in [1.82, 2.24) is 0 Å². The third kappa shape index (κ3) is 11.3. The summed E-state index contributed by atoms with van der Waals surface area (Å²) in [5.74, 6) is -4.03. The first-order chi connectivity index (χ1) is 10.6. The van der Waals surface area contributed by atoms with E-state index in [0.29, 0.717) is 11.8 Å². The number of carboxylic acid groups (broad SMARTS) is 3. The molecule has 0 aromatic heterocycles. The molecule has 6 nitrogen and oxygen atoms in total. The van der Waals surface area contributed by atoms with Crippen LogP contribution in [0.5, 0.6) is 0 Å². The van der Waals surface area contributed by atoms with Crippen molar-refractivity contribution in [1.29, 1.82) is 0 Å². The Labute approximate surface area is 147 Å². The Balaban J connectivity index is 0. The molecule has 0 aromatic carbocycles. The van der Waals surface area contributed by atoms with Gasteiger partial charge >= 0.3 is 34.9 Å². The fraction of sp³-hybridized carbons (Fsp3) is 0.0714. The Hall–Kier alpha value is -1.29. The van der Waals surface area contributed by atoms with Crippen molar-refractivity contribution in [3.63, 3.8) is 0 Å². The molecule has 24 heavy (non-hydrogen) atoms. The van der Waals surface area contributed by atoms with E-state index < -0.39 is 24.1 Å². The molecular weight excluding hydrogens is 380 g/mol. The molecular formula is C14H10CoF3O6+2. The van der Waals surface area contributed by atoms with Gasteiger partial charge < -0.3 is 20.1 Å². The maximum atomic E-state index is 10.5. The molecule has 0 aliphatic heterocycles. The Morgan fingerprint density at radius 3 is 1.08 bits per heavy atom. The first-order valence-electron chi connectivity index (χ1n) is 5.74. The summed E-state index contributed by atoms with van der Waals surface area (Å²) >= 11 is 0. The molecule has 0 unspecified atom stereocenters. The van der Waals surface area contributed by atoms with E-state index in [1.807, 2.05) is 0 Å². The number of halogens is 3. The number of carboxylic acids is 3. The van der Waals surface area contributed by atoms with Gasteiger partial charge in [0.2, 0.25) is 0 Å². The summed E-state index contributed by atoms with van der Waals surface area (Å²) in [5.41, 5.74) is 0. The van der Waals surface area contributed by atoms with E-state index in [1.165, 1.54) is 0 Å². The van der Waals surface area contributed by atoms with Crippen LogP contribution in [0.2, 0.25) is 0 Å². The summed E-state index contributed by atoms with van der Waals surface area (Å²) in [4.78, 5) is 28.9. The zero-order chi connectivity index (χ0) is 18.0. The Bertz CT molecular complexity index is 376. The number of carbonyl (C=O) groups excluding carboxylic acids is 1. The molecule has 0 saturated heterocycles. The van der Waals surface area contributed by atoms with Gasteiger partial charge in [0.1, 0.15) is 5.97 Å². The van der Waals surface area contributed by atoms with Gasteiger partial charge in [-0.3, -0.25) is 9.59 Å². The van der Waals surface area contributed by atoms with Gasteiger partial charge in [0.25, 0.3) is 0 Å². The molecule has 2 saturated carbocycles. The number of carbonyl (C=O) groups is 3. The van der Waals surface area contributed by atoms with Gasteiger partial charge in [0.05, 0.1) is 11.8 Å². The largest absolute Gasteiger partial charge is 3.00 e. The molecule has 0 bridgehead atoms. The van der Waals surface area contributed by atoms with Crippen LogP contribution >= 0.6 is 0 Å². The van der Waals surface area contributed by atoms with Crippen LogP contribution in [0.1, 0.15) is 0 Å². The molecule has 0 aromatic rings. The van der Waals surface area contributed by atoms with Gasteiger partial charge in [-0.2, -0.15) is 13.2 Å². The monoisotopic (exact) mass is 390 g/mol. The van der Waals surface area contributed by atoms with Crippen LogP contribution in [-0.4, -0.2) is 34.3 Å². The number of hydrogen-bond donors (Lipinski definition) is 2. The van der Waals surface area contributed by atoms with E-state index >= 15 is 0 Å². The summed E-state index contributed by atoms with van der Waals surface area (Å²) < 4.78 is 31.5. The zero-order valence-electron chi connectivity index (χ0n) is 11.6. The number of aliphatic carboxylic acids is 3. The van der Waals surface area contributed by atoms with Crippen LogP contribution < -0.4 is 5.11 Å². The third-order valence-electron chi connectivity index (χ3n) is 2.05. The van der Waals surface area contributed by atoms with Crippen molar-refractivity contribution in [2.75, 3.05) is 0 Å². The smallest absolute Gasteiger partial charge is 0.542 e. The second-order valence-electron chi connectivity index (χ2n) is 3.74. The van der Waals surface area contributed by atoms with Gasteiger partial charge in [0, 0.05) is 0 Å². The van der Waals surface area contributed by atoms with Gasteiger partial charge in [0.15, 0.2) is 0 Å². The van der Waals surface area contributed by atoms with Crippen molar-refractivity contribution >= 4 is 17.9 Å². The Kier molecular flexibility index (Phi) is 12.6. The molecule has 130 valence electrons. The second kappa shape index (κ2) is 12.1. The summed E-state index contributed by atoms with van der Waals surface area (Å²) in [7, 11) is 0. The van der Waals surface area contributed by atoms with Crippen LogP contribution in [0.4, 0.5) is 13.2 Å². The van der Waals surface area contributed by atoms with Crippen LogP contribution in [0.3, 0.4) is 0 Å². The first-order valence-corrected chi connectivity index (χ1v) is 5.74. The minimum absolute atomic E-state index is 0. The topological polar surface area (TPSA) is 115 Å². The van der Waals surface area contributed by atoms with Crippen molar-refractivity contribution in [2.24, 2.45) is 0 Å². The normalized spacial score (nSPS) is 17.6. The first kappa shape index (κ1) is 25.0. The van der Waals surface area contributed by atoms with E-state index in [1.54, 1.807) is 51.4 Å². The minimum Gasteiger partial charge on any atom is -0.542 e. The number of alkyl halides is 3. The minimum atomic E-state index is -5.19. The second-order valence-corrected chi connectivity index (χ2v) is 3.74. The van der Waals surface area contributed by atoms with E-state index in [-0.39, 0.29) is 16.8 Å². The van der Waals surface area contributed by atoms with E-state index in [9.17, 15) is 22.8 Å². The fourth-order valence-electron chi connectivity index (χ4n) is 1.03. The molecule has 0 atom stereocenters. The Morgan fingerprint density at radius 1 is 0.792 bits per heavy atom. The molecule has 2 fully saturated rings. The van der Waals surface area contributed by atoms with Crippen molar-refractivity contribution in [2.45, 2.75) is 6.18 Å². The van der Waals surface area contributed by atoms with Gasteiger partial charge in [-0.15, -0.1) is 0 Å². The molecule has 0 heterocycles. The maximum absolute atomic E-state index is 10.5. The molecule has 2 N–H and O–H groups in total. The van der Waals surface area contributed by atoms with Gasteiger partial charge in [-0.25, -0.2) is 0 Å². The quantitative estimate of drug-likeness (QED) is 0.699. The molecule has 10 radical (unpaired) electrons. The van der Waals surface area contributed by atoms with Gasteiger partial charge in [-0.05, 0) is 51.4 Å². The van der Waals surface area contributed by atoms with Crippen molar-refractivity contribution in [3.8, 4) is 0 Å². The number of rotatable bonds is 2. The summed E-state index contributed by atoms with van der Waals surface area (Å²) in [6.45, 7) is 0. The summed E-state index contributed by atoms with van der Waals surface area (Å²) in [5, 5.41) is 25.3. The van der Waals surface area contributed by atoms with Crippen LogP contribution in [0.25, 0.3) is 0 Å². The van der Waals surface area contributed by atoms with Gasteiger partial charge in [-0.1, -0.05) is 0 Å². The Morgan fingerprint density at radius 2 is 1.00 bits per heavy atom. The average molecular weight is 390 g/mol. The van der Waals surface area contributed by atoms with Crippen molar-refractivity contribution in [3.05, 3.63) is 63.2 Å². The average Bonchev–Trinajstić information content (AvgIpc) is 3.13. The van der Waals surface area contributed by atoms with E-state index in [2.05, 4.69) is 0 Å². The van der Waals surface area contributed by atoms with Crippen molar-refractivity contribution < 1.29 is 59.7 Å². The molecule has 2 rings (SSSR count). The van der Waals surface area contributed by atoms with Crippen LogP contribution in [-0.2, 0) is 31.2 Å². The standard InChI is InChI=1S/2C6H5O2.C2HF3O2.Co/c2*7-6(8)5-3-1-2-4-5;3-2(4,5)1(6)7;/h2*1-4H,(H,7,8);(H,6,7);/q;;;+3/p-1. The maximum Gasteiger partial charge on any atom is 3.00 e. The molecule has 0 spiro atoms. The van der Waals surface area contributed by atoms with E-state index in [0.717, 1.165) is 0 Å². The SMILES string of the molecule is O=C(O)[C]1[CH][CH][CH][CH]1.O=C(O)[C]1[CH][CH][CH][CH]1.O=C([O-])C(F)(F)F.[Co+3]. The molecule has 2 aliphatic rings. The van der Waals surface area contributed by atoms with Crippen LogP contribution in [0.15, 0.2) is 0 Å². The predicted octanol–water partition coefficient (Wildman–Crippen LogP) is 0.249. The number of hydrogen-bond acceptors (Lipinski definition) is 4. The molecule has 2 aliphatic carbocycles. The predicted molar refractivity (Wildman–Crippen MR) is 67.2 cm³/mol. The third-order valence-corrected chi connectivity index (χ3v) is 2.05. The fourth-order valence-corrected chi connectivity index (χ4v) is 1.03. The zero-order valence-corrected chi connectivity index (χ0v) is 12.7. The van der Waals surface area contributed by atoms with Crippen LogP contribution in [0, 0.1) is 63.2 Å². The molecule has 10 heteroatoms. The summed E-state index contributed by atoms with van der Waals surface area (Å²) in [6, 6.07) is 0.